The van der Waals surface area contributed by atoms with Crippen molar-refractivity contribution in [2.45, 2.75) is 58.5 Å². The number of para-hydroxylation sites is 2. The van der Waals surface area contributed by atoms with Crippen molar-refractivity contribution in [3.05, 3.63) is 47.6 Å². The highest BCUT2D eigenvalue weighted by Crippen LogP contribution is 2.64. The van der Waals surface area contributed by atoms with E-state index >= 15 is 0 Å². The predicted octanol–water partition coefficient (Wildman–Crippen LogP) is 4.43. The third-order valence-electron chi connectivity index (χ3n) is 11.0. The first-order chi connectivity index (χ1) is 18.3. The van der Waals surface area contributed by atoms with Gasteiger partial charge < -0.3 is 14.7 Å². The largest absolute Gasteiger partial charge is 0.495 e. The van der Waals surface area contributed by atoms with Gasteiger partial charge in [0.05, 0.1) is 25.4 Å². The van der Waals surface area contributed by atoms with Crippen molar-refractivity contribution in [1.29, 1.82) is 0 Å². The van der Waals surface area contributed by atoms with Gasteiger partial charge in [0.1, 0.15) is 11.5 Å². The molecule has 4 aliphatic carbocycles. The van der Waals surface area contributed by atoms with Gasteiger partial charge in [-0.25, -0.2) is 0 Å². The molecular formula is C32H42N2O4. The Morgan fingerprint density at radius 2 is 1.87 bits per heavy atom. The van der Waals surface area contributed by atoms with E-state index in [9.17, 15) is 14.7 Å². The van der Waals surface area contributed by atoms with Crippen LogP contribution in [-0.4, -0.2) is 67.5 Å². The van der Waals surface area contributed by atoms with E-state index in [0.29, 0.717) is 24.2 Å². The van der Waals surface area contributed by atoms with Crippen LogP contribution in [0.2, 0.25) is 0 Å². The SMILES string of the molecule is COc1ccccc1N1CCN(CC(=O)[C@H]2CC[C@H]3[C@@H]4CCC5=CC(=O)C[C@H](O)[C@]5(C)C4=CC[C@]23C)CC1. The molecule has 0 bridgehead atoms. The highest BCUT2D eigenvalue weighted by atomic mass is 16.5. The van der Waals surface area contributed by atoms with E-state index in [1.54, 1.807) is 7.11 Å². The highest BCUT2D eigenvalue weighted by Gasteiger charge is 2.58. The molecule has 6 rings (SSSR count). The summed E-state index contributed by atoms with van der Waals surface area (Å²) in [5.74, 6) is 2.34. The number of carbonyl (C=O) groups excluding carboxylic acids is 2. The number of benzene rings is 1. The Labute approximate surface area is 226 Å². The number of methoxy groups -OCH3 is 1. The van der Waals surface area contributed by atoms with Gasteiger partial charge in [0, 0.05) is 43.9 Å². The molecule has 6 atom stereocenters. The molecule has 1 N–H and O–H groups in total. The molecule has 0 aromatic heterocycles. The zero-order valence-electron chi connectivity index (χ0n) is 23.1. The number of ether oxygens (including phenoxy) is 1. The lowest BCUT2D eigenvalue weighted by Crippen LogP contribution is -2.51. The number of hydrogen-bond acceptors (Lipinski definition) is 6. The summed E-state index contributed by atoms with van der Waals surface area (Å²) in [7, 11) is 1.72. The van der Waals surface area contributed by atoms with Gasteiger partial charge in [-0.3, -0.25) is 14.5 Å². The number of fused-ring (bicyclic) bond motifs is 5. The van der Waals surface area contributed by atoms with Gasteiger partial charge in [-0.2, -0.15) is 0 Å². The average molecular weight is 519 g/mol. The first-order valence-electron chi connectivity index (χ1n) is 14.5. The van der Waals surface area contributed by atoms with Gasteiger partial charge in [0.2, 0.25) is 0 Å². The van der Waals surface area contributed by atoms with Crippen molar-refractivity contribution in [2.75, 3.05) is 44.7 Å². The molecule has 204 valence electrons. The lowest BCUT2D eigenvalue weighted by Gasteiger charge is -2.54. The fourth-order valence-electron chi connectivity index (χ4n) is 8.80. The van der Waals surface area contributed by atoms with E-state index < -0.39 is 11.5 Å². The molecule has 38 heavy (non-hydrogen) atoms. The van der Waals surface area contributed by atoms with Crippen molar-refractivity contribution in [3.63, 3.8) is 0 Å². The molecule has 1 aromatic rings. The number of ketones is 2. The van der Waals surface area contributed by atoms with Gasteiger partial charge in [0.25, 0.3) is 0 Å². The third-order valence-corrected chi connectivity index (χ3v) is 11.0. The molecule has 1 heterocycles. The first-order valence-corrected chi connectivity index (χ1v) is 14.5. The zero-order chi connectivity index (χ0) is 26.7. The molecular weight excluding hydrogens is 476 g/mol. The fourth-order valence-corrected chi connectivity index (χ4v) is 8.80. The van der Waals surface area contributed by atoms with Gasteiger partial charge in [0.15, 0.2) is 5.78 Å². The molecule has 0 unspecified atom stereocenters. The van der Waals surface area contributed by atoms with Crippen LogP contribution in [0.3, 0.4) is 0 Å². The number of piperazine rings is 1. The topological polar surface area (TPSA) is 70.1 Å². The number of hydrogen-bond donors (Lipinski definition) is 1. The Balaban J connectivity index is 1.14. The second-order valence-electron chi connectivity index (χ2n) is 12.7. The van der Waals surface area contributed by atoms with Crippen LogP contribution in [0.15, 0.2) is 47.6 Å². The summed E-state index contributed by atoms with van der Waals surface area (Å²) in [4.78, 5) is 30.6. The summed E-state index contributed by atoms with van der Waals surface area (Å²) in [5.41, 5.74) is 3.16. The van der Waals surface area contributed by atoms with Crippen LogP contribution >= 0.6 is 0 Å². The van der Waals surface area contributed by atoms with Crippen LogP contribution in [0.5, 0.6) is 5.75 Å². The minimum Gasteiger partial charge on any atom is -0.495 e. The van der Waals surface area contributed by atoms with Crippen LogP contribution in [0.1, 0.15) is 52.4 Å². The van der Waals surface area contributed by atoms with Crippen molar-refractivity contribution in [3.8, 4) is 5.75 Å². The number of allylic oxidation sites excluding steroid dienone is 2. The Kier molecular flexibility index (Phi) is 6.55. The van der Waals surface area contributed by atoms with Crippen LogP contribution < -0.4 is 9.64 Å². The standard InChI is InChI=1S/C32H42N2O4/c1-31-13-12-25-23(9-8-21-18-22(35)19-30(37)32(21,25)2)24(31)10-11-26(31)28(36)20-33-14-16-34(17-15-33)27-6-4-5-7-29(27)38-3/h4-7,12,18,23-24,26,30,37H,8-11,13-17,19-20H2,1-3H3/t23-,24-,26+,30-,31-,32-/m0/s1. The highest BCUT2D eigenvalue weighted by molar-refractivity contribution is 5.92. The zero-order valence-corrected chi connectivity index (χ0v) is 23.1. The van der Waals surface area contributed by atoms with E-state index in [-0.39, 0.29) is 23.5 Å². The van der Waals surface area contributed by atoms with E-state index in [1.165, 1.54) is 5.57 Å². The molecule has 0 radical (unpaired) electrons. The van der Waals surface area contributed by atoms with Crippen LogP contribution in [0.25, 0.3) is 0 Å². The van der Waals surface area contributed by atoms with Gasteiger partial charge in [-0.1, -0.05) is 36.3 Å². The summed E-state index contributed by atoms with van der Waals surface area (Å²) in [6.07, 6.45) is 8.61. The summed E-state index contributed by atoms with van der Waals surface area (Å²) in [6.45, 7) is 8.60. The van der Waals surface area contributed by atoms with E-state index in [4.69, 9.17) is 4.74 Å². The van der Waals surface area contributed by atoms with Crippen molar-refractivity contribution in [2.24, 2.45) is 28.6 Å². The second-order valence-corrected chi connectivity index (χ2v) is 12.7. The monoisotopic (exact) mass is 518 g/mol. The maximum absolute atomic E-state index is 13.8. The Morgan fingerprint density at radius 1 is 1.11 bits per heavy atom. The Bertz CT molecular complexity index is 1180. The summed E-state index contributed by atoms with van der Waals surface area (Å²) < 4.78 is 5.56. The van der Waals surface area contributed by atoms with Gasteiger partial charge in [-0.15, -0.1) is 0 Å². The summed E-state index contributed by atoms with van der Waals surface area (Å²) in [5, 5.41) is 11.0. The molecule has 3 fully saturated rings. The molecule has 1 saturated heterocycles. The molecule has 5 aliphatic rings. The lowest BCUT2D eigenvalue weighted by molar-refractivity contribution is -0.128. The molecule has 0 amide bonds. The smallest absolute Gasteiger partial charge is 0.158 e. The molecule has 6 heteroatoms. The normalized spacial score (nSPS) is 37.1. The molecule has 2 saturated carbocycles. The number of carbonyl (C=O) groups is 2. The second kappa shape index (κ2) is 9.63. The molecule has 1 aromatic carbocycles. The number of Topliss-reactive ketones (excluding diaryl/α,β-unsaturated/α-hetero) is 1. The Morgan fingerprint density at radius 3 is 2.63 bits per heavy atom. The molecule has 6 nitrogen and oxygen atoms in total. The minimum absolute atomic E-state index is 0.0164. The first kappa shape index (κ1) is 25.8. The summed E-state index contributed by atoms with van der Waals surface area (Å²) >= 11 is 0. The van der Waals surface area contributed by atoms with Crippen LogP contribution in [0.4, 0.5) is 5.69 Å². The molecule has 0 spiro atoms. The van der Waals surface area contributed by atoms with Crippen LogP contribution in [-0.2, 0) is 9.59 Å². The van der Waals surface area contributed by atoms with Gasteiger partial charge in [-0.05, 0) is 74.5 Å². The van der Waals surface area contributed by atoms with Gasteiger partial charge >= 0.3 is 0 Å². The number of nitrogens with zero attached hydrogens (tertiary/aromatic N) is 2. The fraction of sp³-hybridized carbons (Fsp3) is 0.625. The van der Waals surface area contributed by atoms with Crippen molar-refractivity contribution in [1.82, 2.24) is 4.90 Å². The van der Waals surface area contributed by atoms with E-state index in [2.05, 4.69) is 35.8 Å². The lowest BCUT2D eigenvalue weighted by atomic mass is 9.50. The van der Waals surface area contributed by atoms with E-state index in [0.717, 1.165) is 75.3 Å². The van der Waals surface area contributed by atoms with E-state index in [1.807, 2.05) is 24.3 Å². The average Bonchev–Trinajstić information content (AvgIpc) is 3.27. The quantitative estimate of drug-likeness (QED) is 0.582. The predicted molar refractivity (Wildman–Crippen MR) is 148 cm³/mol. The van der Waals surface area contributed by atoms with Crippen molar-refractivity contribution < 1.29 is 19.4 Å². The number of aliphatic hydroxyl groups is 1. The number of anilines is 1. The molecule has 1 aliphatic heterocycles. The maximum atomic E-state index is 13.8. The Hall–Kier alpha value is -2.44. The van der Waals surface area contributed by atoms with Crippen molar-refractivity contribution >= 4 is 17.3 Å². The number of rotatable bonds is 5. The minimum atomic E-state index is -0.637. The maximum Gasteiger partial charge on any atom is 0.158 e. The van der Waals surface area contributed by atoms with Crippen LogP contribution in [0, 0.1) is 28.6 Å². The third kappa shape index (κ3) is 3.98. The summed E-state index contributed by atoms with van der Waals surface area (Å²) in [6, 6.07) is 8.16. The number of aliphatic hydroxyl groups excluding tert-OH is 1.